The first-order valence-corrected chi connectivity index (χ1v) is 11.3. The van der Waals surface area contributed by atoms with Crippen molar-refractivity contribution in [2.24, 2.45) is 0 Å². The third kappa shape index (κ3) is 3.74. The molecule has 2 aliphatic rings. The Bertz CT molecular complexity index is 1070. The highest BCUT2D eigenvalue weighted by molar-refractivity contribution is 7.92. The summed E-state index contributed by atoms with van der Waals surface area (Å²) < 4.78 is 28.3. The van der Waals surface area contributed by atoms with E-state index < -0.39 is 10.0 Å². The summed E-state index contributed by atoms with van der Waals surface area (Å²) in [4.78, 5) is 35.9. The fourth-order valence-corrected chi connectivity index (χ4v) is 4.91. The average molecular weight is 430 g/mol. The van der Waals surface area contributed by atoms with Crippen molar-refractivity contribution in [3.05, 3.63) is 35.7 Å². The number of rotatable bonds is 5. The molecule has 0 spiro atoms. The number of nitrogens with zero attached hydrogens (tertiary/aromatic N) is 4. The van der Waals surface area contributed by atoms with Gasteiger partial charge in [0.25, 0.3) is 10.0 Å². The molecule has 0 atom stereocenters. The lowest BCUT2D eigenvalue weighted by molar-refractivity contribution is -0.121. The average Bonchev–Trinajstić information content (AvgIpc) is 3.35. The van der Waals surface area contributed by atoms with Gasteiger partial charge < -0.3 is 4.90 Å². The van der Waals surface area contributed by atoms with Gasteiger partial charge in [-0.15, -0.1) is 0 Å². The van der Waals surface area contributed by atoms with Gasteiger partial charge in [0.05, 0.1) is 27.7 Å². The molecule has 1 aromatic carbocycles. The molecule has 2 saturated heterocycles. The zero-order chi connectivity index (χ0) is 21.5. The molecule has 0 radical (unpaired) electrons. The van der Waals surface area contributed by atoms with Gasteiger partial charge in [0, 0.05) is 25.9 Å². The van der Waals surface area contributed by atoms with Crippen molar-refractivity contribution in [2.75, 3.05) is 27.6 Å². The Kier molecular flexibility index (Phi) is 5.19. The summed E-state index contributed by atoms with van der Waals surface area (Å²) in [5.74, 6) is 0.0557. The number of hydrogen-bond acceptors (Lipinski definition) is 7. The van der Waals surface area contributed by atoms with E-state index in [4.69, 9.17) is 0 Å². The van der Waals surface area contributed by atoms with E-state index in [1.165, 1.54) is 24.3 Å². The predicted molar refractivity (Wildman–Crippen MR) is 112 cm³/mol. The smallest absolute Gasteiger partial charge is 0.262 e. The van der Waals surface area contributed by atoms with Gasteiger partial charge >= 0.3 is 0 Å². The summed E-state index contributed by atoms with van der Waals surface area (Å²) >= 11 is 0. The minimum atomic E-state index is -3.89. The van der Waals surface area contributed by atoms with Crippen LogP contribution in [0.15, 0.2) is 29.2 Å². The van der Waals surface area contributed by atoms with Gasteiger partial charge in [-0.3, -0.25) is 19.2 Å². The zero-order valence-electron chi connectivity index (χ0n) is 16.9. The van der Waals surface area contributed by atoms with Gasteiger partial charge in [0.15, 0.2) is 0 Å². The number of amides is 2. The van der Waals surface area contributed by atoms with Crippen LogP contribution in [-0.4, -0.2) is 43.3 Å². The lowest BCUT2D eigenvalue weighted by atomic mass is 10.3. The molecule has 2 aromatic rings. The molecular formula is C20H23N5O4S. The summed E-state index contributed by atoms with van der Waals surface area (Å²) in [5.41, 5.74) is 1.83. The number of nitrogens with one attached hydrogen (secondary N) is 1. The Morgan fingerprint density at radius 3 is 1.97 bits per heavy atom. The van der Waals surface area contributed by atoms with E-state index in [-0.39, 0.29) is 29.6 Å². The molecule has 3 heterocycles. The minimum Gasteiger partial charge on any atom is -0.341 e. The summed E-state index contributed by atoms with van der Waals surface area (Å²) in [6, 6.07) is 5.67. The summed E-state index contributed by atoms with van der Waals surface area (Å²) in [7, 11) is -3.89. The summed E-state index contributed by atoms with van der Waals surface area (Å²) in [5, 5.41) is 0. The highest BCUT2D eigenvalue weighted by atomic mass is 32.2. The normalized spacial score (nSPS) is 17.1. The first kappa shape index (κ1) is 20.3. The number of carbonyl (C=O) groups excluding carboxylic acids is 2. The lowest BCUT2D eigenvalue weighted by Crippen LogP contribution is -2.28. The number of aryl methyl sites for hydroxylation is 2. The van der Waals surface area contributed by atoms with Gasteiger partial charge in [0.2, 0.25) is 17.8 Å². The minimum absolute atomic E-state index is 0.0211. The van der Waals surface area contributed by atoms with Crippen LogP contribution in [0.1, 0.15) is 37.1 Å². The number of carbonyl (C=O) groups is 2. The highest BCUT2D eigenvalue weighted by Crippen LogP contribution is 2.27. The first-order chi connectivity index (χ1) is 14.3. The van der Waals surface area contributed by atoms with Crippen molar-refractivity contribution in [2.45, 2.75) is 44.4 Å². The van der Waals surface area contributed by atoms with Crippen molar-refractivity contribution >= 4 is 39.2 Å². The summed E-state index contributed by atoms with van der Waals surface area (Å²) in [6.45, 7) is 5.30. The van der Waals surface area contributed by atoms with E-state index in [1.807, 2.05) is 0 Å². The number of sulfonamides is 1. The predicted octanol–water partition coefficient (Wildman–Crippen LogP) is 2.15. The van der Waals surface area contributed by atoms with E-state index in [2.05, 4.69) is 19.6 Å². The molecule has 0 unspecified atom stereocenters. The third-order valence-electron chi connectivity index (χ3n) is 5.34. The van der Waals surface area contributed by atoms with Crippen LogP contribution < -0.4 is 14.5 Å². The number of benzene rings is 1. The van der Waals surface area contributed by atoms with E-state index in [0.29, 0.717) is 28.7 Å². The van der Waals surface area contributed by atoms with Crippen molar-refractivity contribution < 1.29 is 18.0 Å². The monoisotopic (exact) mass is 429 g/mol. The van der Waals surface area contributed by atoms with Gasteiger partial charge in [-0.05, 0) is 51.0 Å². The van der Waals surface area contributed by atoms with Crippen LogP contribution in [0.25, 0.3) is 0 Å². The van der Waals surface area contributed by atoms with Crippen LogP contribution in [0.3, 0.4) is 0 Å². The van der Waals surface area contributed by atoms with Crippen LogP contribution in [0.2, 0.25) is 0 Å². The third-order valence-corrected chi connectivity index (χ3v) is 6.71. The second-order valence-electron chi connectivity index (χ2n) is 7.49. The van der Waals surface area contributed by atoms with Gasteiger partial charge in [-0.1, -0.05) is 0 Å². The molecule has 10 heteroatoms. The number of imide groups is 1. The van der Waals surface area contributed by atoms with Crippen LogP contribution in [0.5, 0.6) is 0 Å². The summed E-state index contributed by atoms with van der Waals surface area (Å²) in [6.07, 6.45) is 2.54. The van der Waals surface area contributed by atoms with Crippen LogP contribution in [-0.2, 0) is 19.6 Å². The number of hydrogen-bond donors (Lipinski definition) is 1. The fourth-order valence-electron chi connectivity index (χ4n) is 3.74. The number of anilines is 3. The molecule has 2 amide bonds. The second kappa shape index (κ2) is 7.67. The molecule has 9 nitrogen and oxygen atoms in total. The maximum Gasteiger partial charge on any atom is 0.262 e. The molecule has 0 bridgehead atoms. The molecule has 4 rings (SSSR count). The Balaban J connectivity index is 1.57. The number of aromatic nitrogens is 2. The van der Waals surface area contributed by atoms with Crippen molar-refractivity contribution in [3.63, 3.8) is 0 Å². The van der Waals surface area contributed by atoms with Gasteiger partial charge in [0.1, 0.15) is 0 Å². The van der Waals surface area contributed by atoms with E-state index >= 15 is 0 Å². The SMILES string of the molecule is Cc1nc(N2CCCC2)nc(C)c1NS(=O)(=O)c1ccc(N2C(=O)CCC2=O)cc1. The van der Waals surface area contributed by atoms with Crippen LogP contribution in [0, 0.1) is 13.8 Å². The van der Waals surface area contributed by atoms with Gasteiger partial charge in [-0.2, -0.15) is 0 Å². The molecule has 2 aliphatic heterocycles. The van der Waals surface area contributed by atoms with Crippen molar-refractivity contribution in [3.8, 4) is 0 Å². The van der Waals surface area contributed by atoms with Gasteiger partial charge in [-0.25, -0.2) is 18.4 Å². The van der Waals surface area contributed by atoms with E-state index in [1.54, 1.807) is 13.8 Å². The molecule has 158 valence electrons. The lowest BCUT2D eigenvalue weighted by Gasteiger charge is -2.19. The standard InChI is InChI=1S/C20H23N5O4S/c1-13-19(14(2)22-20(21-13)24-11-3-4-12-24)23-30(28,29)16-7-5-15(6-8-16)25-17(26)9-10-18(25)27/h5-8,23H,3-4,9-12H2,1-2H3. The maximum atomic E-state index is 12.9. The molecule has 30 heavy (non-hydrogen) atoms. The molecule has 2 fully saturated rings. The molecule has 0 saturated carbocycles. The second-order valence-corrected chi connectivity index (χ2v) is 9.17. The largest absolute Gasteiger partial charge is 0.341 e. The zero-order valence-corrected chi connectivity index (χ0v) is 17.7. The van der Waals surface area contributed by atoms with Crippen LogP contribution in [0.4, 0.5) is 17.3 Å². The van der Waals surface area contributed by atoms with E-state index in [9.17, 15) is 18.0 Å². The highest BCUT2D eigenvalue weighted by Gasteiger charge is 2.30. The molecule has 1 N–H and O–H groups in total. The molecule has 0 aliphatic carbocycles. The Morgan fingerprint density at radius 1 is 0.900 bits per heavy atom. The quantitative estimate of drug-likeness (QED) is 0.725. The Hall–Kier alpha value is -3.01. The van der Waals surface area contributed by atoms with Crippen molar-refractivity contribution in [1.82, 2.24) is 9.97 Å². The Labute approximate surface area is 175 Å². The first-order valence-electron chi connectivity index (χ1n) is 9.85. The van der Waals surface area contributed by atoms with Crippen LogP contribution >= 0.6 is 0 Å². The molecule has 1 aromatic heterocycles. The molecular weight excluding hydrogens is 406 g/mol. The van der Waals surface area contributed by atoms with E-state index in [0.717, 1.165) is 30.8 Å². The Morgan fingerprint density at radius 2 is 1.43 bits per heavy atom. The topological polar surface area (TPSA) is 113 Å². The maximum absolute atomic E-state index is 12.9. The van der Waals surface area contributed by atoms with Crippen molar-refractivity contribution in [1.29, 1.82) is 0 Å². The fraction of sp³-hybridized carbons (Fsp3) is 0.400.